The molecule has 4 aromatic rings. The molecule has 0 radical (unpaired) electrons. The van der Waals surface area contributed by atoms with Crippen molar-refractivity contribution in [2.24, 2.45) is 0 Å². The Bertz CT molecular complexity index is 1070. The molecule has 0 aliphatic carbocycles. The largest absolute Gasteiger partial charge is 0.491 e. The summed E-state index contributed by atoms with van der Waals surface area (Å²) in [4.78, 5) is 16.5. The average molecular weight is 372 g/mol. The molecule has 140 valence electrons. The fourth-order valence-corrected chi connectivity index (χ4v) is 3.00. The number of carbonyl (C=O) groups excluding carboxylic acids is 1. The Morgan fingerprint density at radius 3 is 2.64 bits per heavy atom. The molecule has 4 rings (SSSR count). The van der Waals surface area contributed by atoms with Crippen molar-refractivity contribution in [2.75, 3.05) is 13.2 Å². The summed E-state index contributed by atoms with van der Waals surface area (Å²) in [5, 5.41) is 5.04. The molecule has 0 bridgehead atoms. The average Bonchev–Trinajstić information content (AvgIpc) is 3.20. The maximum atomic E-state index is 12.1. The molecule has 0 aliphatic rings. The van der Waals surface area contributed by atoms with Crippen LogP contribution >= 0.6 is 0 Å². The van der Waals surface area contributed by atoms with E-state index in [9.17, 15) is 4.79 Å². The number of hydrogen-bond donors (Lipinski definition) is 1. The van der Waals surface area contributed by atoms with Crippen molar-refractivity contribution in [3.63, 3.8) is 0 Å². The fourth-order valence-electron chi connectivity index (χ4n) is 3.00. The zero-order valence-corrected chi connectivity index (χ0v) is 15.3. The zero-order chi connectivity index (χ0) is 19.2. The van der Waals surface area contributed by atoms with Gasteiger partial charge in [0.15, 0.2) is 0 Å². The summed E-state index contributed by atoms with van der Waals surface area (Å²) in [6.07, 6.45) is 1.69. The minimum atomic E-state index is -0.116. The fraction of sp³-hybridized carbons (Fsp3) is 0.130. The Morgan fingerprint density at radius 2 is 1.75 bits per heavy atom. The lowest BCUT2D eigenvalue weighted by Crippen LogP contribution is -2.29. The first-order valence-corrected chi connectivity index (χ1v) is 9.17. The number of nitrogens with one attached hydrogen (secondary N) is 1. The maximum absolute atomic E-state index is 12.1. The van der Waals surface area contributed by atoms with Gasteiger partial charge in [-0.05, 0) is 23.6 Å². The highest BCUT2D eigenvalue weighted by Gasteiger charge is 2.10. The van der Waals surface area contributed by atoms with E-state index in [1.807, 2.05) is 72.8 Å². The summed E-state index contributed by atoms with van der Waals surface area (Å²) in [6, 6.07) is 23.6. The zero-order valence-electron chi connectivity index (χ0n) is 15.3. The van der Waals surface area contributed by atoms with E-state index in [0.29, 0.717) is 24.7 Å². The first-order valence-electron chi connectivity index (χ1n) is 9.17. The molecule has 5 nitrogen and oxygen atoms in total. The van der Waals surface area contributed by atoms with Gasteiger partial charge in [0.05, 0.1) is 18.7 Å². The van der Waals surface area contributed by atoms with Crippen molar-refractivity contribution < 1.29 is 13.9 Å². The van der Waals surface area contributed by atoms with Gasteiger partial charge in [0.1, 0.15) is 18.6 Å². The van der Waals surface area contributed by atoms with Crippen LogP contribution in [0.15, 0.2) is 83.5 Å². The summed E-state index contributed by atoms with van der Waals surface area (Å²) < 4.78 is 11.3. The van der Waals surface area contributed by atoms with E-state index in [-0.39, 0.29) is 12.3 Å². The molecule has 0 atom stereocenters. The molecule has 1 amide bonds. The van der Waals surface area contributed by atoms with Crippen molar-refractivity contribution >= 4 is 16.7 Å². The molecule has 1 aromatic heterocycles. The smallest absolute Gasteiger partial charge is 0.226 e. The lowest BCUT2D eigenvalue weighted by atomic mass is 10.1. The number of aromatic nitrogens is 1. The molecule has 28 heavy (non-hydrogen) atoms. The van der Waals surface area contributed by atoms with E-state index in [2.05, 4.69) is 10.3 Å². The van der Waals surface area contributed by atoms with Crippen LogP contribution in [0.5, 0.6) is 5.75 Å². The van der Waals surface area contributed by atoms with Crippen LogP contribution in [-0.2, 0) is 11.2 Å². The second-order valence-corrected chi connectivity index (χ2v) is 6.36. The van der Waals surface area contributed by atoms with Gasteiger partial charge in [-0.1, -0.05) is 54.6 Å². The second-order valence-electron chi connectivity index (χ2n) is 6.36. The summed E-state index contributed by atoms with van der Waals surface area (Å²) >= 11 is 0. The molecular weight excluding hydrogens is 352 g/mol. The summed E-state index contributed by atoms with van der Waals surface area (Å²) in [6.45, 7) is 0.819. The summed E-state index contributed by atoms with van der Waals surface area (Å²) in [5.41, 5.74) is 1.49. The Labute approximate surface area is 163 Å². The Kier molecular flexibility index (Phi) is 5.33. The van der Waals surface area contributed by atoms with Crippen molar-refractivity contribution in [1.82, 2.24) is 10.3 Å². The van der Waals surface area contributed by atoms with E-state index in [1.54, 1.807) is 0 Å². The van der Waals surface area contributed by atoms with E-state index in [4.69, 9.17) is 9.15 Å². The number of ether oxygens (including phenoxy) is 1. The first-order chi connectivity index (χ1) is 13.8. The molecule has 1 N–H and O–H groups in total. The van der Waals surface area contributed by atoms with Crippen molar-refractivity contribution in [2.45, 2.75) is 6.42 Å². The van der Waals surface area contributed by atoms with E-state index >= 15 is 0 Å². The predicted octanol–water partition coefficient (Wildman–Crippen LogP) is 4.23. The topological polar surface area (TPSA) is 64.4 Å². The third-order valence-electron chi connectivity index (χ3n) is 4.35. The minimum Gasteiger partial charge on any atom is -0.491 e. The minimum absolute atomic E-state index is 0.116. The second kappa shape index (κ2) is 8.39. The number of rotatable bonds is 7. The number of amides is 1. The van der Waals surface area contributed by atoms with Gasteiger partial charge in [-0.25, -0.2) is 4.98 Å². The van der Waals surface area contributed by atoms with Gasteiger partial charge in [-0.2, -0.15) is 0 Å². The van der Waals surface area contributed by atoms with Gasteiger partial charge >= 0.3 is 0 Å². The monoisotopic (exact) mass is 372 g/mol. The molecule has 0 fully saturated rings. The van der Waals surface area contributed by atoms with Gasteiger partial charge in [-0.3, -0.25) is 4.79 Å². The maximum Gasteiger partial charge on any atom is 0.226 e. The van der Waals surface area contributed by atoms with Crippen molar-refractivity contribution in [1.29, 1.82) is 0 Å². The normalized spacial score (nSPS) is 10.7. The number of hydrogen-bond acceptors (Lipinski definition) is 4. The first kappa shape index (κ1) is 17.8. The number of nitrogens with zero attached hydrogens (tertiary/aromatic N) is 1. The van der Waals surface area contributed by atoms with Gasteiger partial charge in [0.2, 0.25) is 11.8 Å². The van der Waals surface area contributed by atoms with Crippen molar-refractivity contribution in [3.8, 4) is 17.2 Å². The molecule has 0 saturated heterocycles. The Balaban J connectivity index is 1.27. The molecule has 5 heteroatoms. The number of benzene rings is 3. The highest BCUT2D eigenvalue weighted by molar-refractivity contribution is 5.88. The molecule has 3 aromatic carbocycles. The molecule has 1 heterocycles. The quantitative estimate of drug-likeness (QED) is 0.493. The SMILES string of the molecule is O=C(Cc1coc(-c2ccccc2)n1)NCCOc1cccc2ccccc12. The Hall–Kier alpha value is -3.60. The Morgan fingerprint density at radius 1 is 0.964 bits per heavy atom. The van der Waals surface area contributed by atoms with Gasteiger partial charge < -0.3 is 14.5 Å². The van der Waals surface area contributed by atoms with Gasteiger partial charge in [0, 0.05) is 10.9 Å². The van der Waals surface area contributed by atoms with Crippen LogP contribution in [0.25, 0.3) is 22.2 Å². The molecule has 0 saturated carbocycles. The lowest BCUT2D eigenvalue weighted by molar-refractivity contribution is -0.120. The van der Waals surface area contributed by atoms with Gasteiger partial charge in [-0.15, -0.1) is 0 Å². The summed E-state index contributed by atoms with van der Waals surface area (Å²) in [5.74, 6) is 1.22. The third-order valence-corrected chi connectivity index (χ3v) is 4.35. The number of fused-ring (bicyclic) bond motifs is 1. The van der Waals surface area contributed by atoms with Crippen LogP contribution in [0.4, 0.5) is 0 Å². The summed E-state index contributed by atoms with van der Waals surface area (Å²) in [7, 11) is 0. The molecular formula is C23H20N2O3. The molecule has 0 unspecified atom stereocenters. The standard InChI is InChI=1S/C23H20N2O3/c26-22(15-19-16-28-23(25-19)18-8-2-1-3-9-18)24-13-14-27-21-12-6-10-17-7-4-5-11-20(17)21/h1-12,16H,13-15H2,(H,24,26). The molecule has 0 spiro atoms. The van der Waals surface area contributed by atoms with Crippen LogP contribution in [0.2, 0.25) is 0 Å². The van der Waals surface area contributed by atoms with E-state index in [1.165, 1.54) is 6.26 Å². The van der Waals surface area contributed by atoms with E-state index < -0.39 is 0 Å². The highest BCUT2D eigenvalue weighted by Crippen LogP contribution is 2.24. The van der Waals surface area contributed by atoms with Crippen LogP contribution in [0.3, 0.4) is 0 Å². The lowest BCUT2D eigenvalue weighted by Gasteiger charge is -2.10. The highest BCUT2D eigenvalue weighted by atomic mass is 16.5. The van der Waals surface area contributed by atoms with Crippen molar-refractivity contribution in [3.05, 3.63) is 84.8 Å². The van der Waals surface area contributed by atoms with Gasteiger partial charge in [0.25, 0.3) is 0 Å². The predicted molar refractivity (Wildman–Crippen MR) is 108 cm³/mol. The van der Waals surface area contributed by atoms with Crippen LogP contribution in [0.1, 0.15) is 5.69 Å². The number of oxazole rings is 1. The van der Waals surface area contributed by atoms with Crippen LogP contribution in [-0.4, -0.2) is 24.0 Å². The van der Waals surface area contributed by atoms with Crippen LogP contribution < -0.4 is 10.1 Å². The third kappa shape index (κ3) is 4.20. The number of carbonyl (C=O) groups is 1. The van der Waals surface area contributed by atoms with Crippen LogP contribution in [0, 0.1) is 0 Å². The molecule has 0 aliphatic heterocycles. The van der Waals surface area contributed by atoms with E-state index in [0.717, 1.165) is 22.1 Å².